The summed E-state index contributed by atoms with van der Waals surface area (Å²) in [6, 6.07) is 0. The SMILES string of the molecule is O=C1NC(=O)C2C3C=CC(C3)C12.O=C1OC(=O)C2C3C=CC(C3)C12. The Kier molecular flexibility index (Phi) is 2.74. The van der Waals surface area contributed by atoms with E-state index in [4.69, 9.17) is 0 Å². The lowest BCUT2D eigenvalue weighted by molar-refractivity contribution is -0.154. The van der Waals surface area contributed by atoms with Crippen LogP contribution in [0, 0.1) is 47.3 Å². The molecule has 8 unspecified atom stereocenters. The highest BCUT2D eigenvalue weighted by Crippen LogP contribution is 2.52. The maximum atomic E-state index is 11.3. The number of cyclic esters (lactones) is 2. The first-order chi connectivity index (χ1) is 11.5. The molecule has 6 nitrogen and oxygen atoms in total. The highest BCUT2D eigenvalue weighted by molar-refractivity contribution is 6.06. The van der Waals surface area contributed by atoms with Crippen LogP contribution in [-0.4, -0.2) is 23.8 Å². The number of hydrogen-bond donors (Lipinski definition) is 1. The van der Waals surface area contributed by atoms with Gasteiger partial charge in [-0.15, -0.1) is 0 Å². The van der Waals surface area contributed by atoms with E-state index < -0.39 is 0 Å². The van der Waals surface area contributed by atoms with Gasteiger partial charge in [-0.3, -0.25) is 24.5 Å². The highest BCUT2D eigenvalue weighted by atomic mass is 16.6. The van der Waals surface area contributed by atoms with E-state index in [0.29, 0.717) is 11.8 Å². The van der Waals surface area contributed by atoms with Crippen LogP contribution in [0.4, 0.5) is 0 Å². The number of rotatable bonds is 0. The topological polar surface area (TPSA) is 89.5 Å². The Morgan fingerprint density at radius 3 is 1.46 bits per heavy atom. The summed E-state index contributed by atoms with van der Waals surface area (Å²) < 4.78 is 4.59. The minimum Gasteiger partial charge on any atom is -0.393 e. The maximum absolute atomic E-state index is 11.3. The molecule has 124 valence electrons. The molecule has 4 aliphatic carbocycles. The molecule has 2 aliphatic heterocycles. The van der Waals surface area contributed by atoms with E-state index in [0.717, 1.165) is 12.8 Å². The molecule has 6 aliphatic rings. The third-order valence-corrected chi connectivity index (χ3v) is 6.52. The van der Waals surface area contributed by atoms with E-state index in [1.807, 2.05) is 12.2 Å². The van der Waals surface area contributed by atoms with Crippen molar-refractivity contribution >= 4 is 23.8 Å². The third-order valence-electron chi connectivity index (χ3n) is 6.52. The van der Waals surface area contributed by atoms with Crippen LogP contribution in [0.3, 0.4) is 0 Å². The van der Waals surface area contributed by atoms with Gasteiger partial charge in [0.1, 0.15) is 0 Å². The van der Waals surface area contributed by atoms with Crippen molar-refractivity contribution in [2.24, 2.45) is 47.3 Å². The predicted octanol–water partition coefficient (Wildman–Crippen LogP) is 0.589. The van der Waals surface area contributed by atoms with Crippen molar-refractivity contribution in [3.05, 3.63) is 24.3 Å². The van der Waals surface area contributed by atoms with Crippen LogP contribution < -0.4 is 5.32 Å². The van der Waals surface area contributed by atoms with Gasteiger partial charge in [-0.2, -0.15) is 0 Å². The van der Waals surface area contributed by atoms with Gasteiger partial charge in [0.15, 0.2) is 0 Å². The number of imide groups is 1. The molecular formula is C18H17NO5. The summed E-state index contributed by atoms with van der Waals surface area (Å²) in [6.07, 6.45) is 10.2. The summed E-state index contributed by atoms with van der Waals surface area (Å²) in [5, 5.41) is 2.40. The molecule has 6 rings (SSSR count). The van der Waals surface area contributed by atoms with Gasteiger partial charge < -0.3 is 4.74 Å². The normalized spacial score (nSPS) is 48.3. The Hall–Kier alpha value is -2.24. The van der Waals surface area contributed by atoms with Gasteiger partial charge in [-0.1, -0.05) is 24.3 Å². The molecule has 2 amide bonds. The molecule has 0 aromatic heterocycles. The van der Waals surface area contributed by atoms with Crippen LogP contribution in [0.5, 0.6) is 0 Å². The van der Waals surface area contributed by atoms with E-state index in [-0.39, 0.29) is 59.3 Å². The summed E-state index contributed by atoms with van der Waals surface area (Å²) >= 11 is 0. The summed E-state index contributed by atoms with van der Waals surface area (Å²) in [7, 11) is 0. The molecule has 2 saturated carbocycles. The summed E-state index contributed by atoms with van der Waals surface area (Å²) in [4.78, 5) is 44.9. The molecule has 6 heteroatoms. The second kappa shape index (κ2) is 4.65. The number of ether oxygens (including phenoxy) is 1. The number of esters is 2. The van der Waals surface area contributed by atoms with Gasteiger partial charge in [0, 0.05) is 0 Å². The molecule has 4 bridgehead atoms. The lowest BCUT2D eigenvalue weighted by atomic mass is 9.85. The Labute approximate surface area is 138 Å². The molecule has 8 atom stereocenters. The second-order valence-corrected chi connectivity index (χ2v) is 7.59. The number of hydrogen-bond acceptors (Lipinski definition) is 5. The van der Waals surface area contributed by atoms with Crippen molar-refractivity contribution in [3.63, 3.8) is 0 Å². The minimum atomic E-state index is -0.304. The Morgan fingerprint density at radius 2 is 1.04 bits per heavy atom. The molecule has 0 aromatic rings. The van der Waals surface area contributed by atoms with Gasteiger partial charge >= 0.3 is 11.9 Å². The molecule has 2 heterocycles. The Morgan fingerprint density at radius 1 is 0.667 bits per heavy atom. The van der Waals surface area contributed by atoms with Gasteiger partial charge in [0.05, 0.1) is 23.7 Å². The minimum absolute atomic E-state index is 0.0347. The van der Waals surface area contributed by atoms with Crippen LogP contribution in [0.15, 0.2) is 24.3 Å². The summed E-state index contributed by atoms with van der Waals surface area (Å²) in [5.74, 6) is 0.156. The van der Waals surface area contributed by atoms with Crippen molar-refractivity contribution in [1.29, 1.82) is 0 Å². The van der Waals surface area contributed by atoms with Crippen LogP contribution >= 0.6 is 0 Å². The molecule has 1 N–H and O–H groups in total. The van der Waals surface area contributed by atoms with Crippen LogP contribution in [0.25, 0.3) is 0 Å². The van der Waals surface area contributed by atoms with Crippen molar-refractivity contribution in [1.82, 2.24) is 5.32 Å². The number of allylic oxidation sites excluding steroid dienone is 4. The first-order valence-electron chi connectivity index (χ1n) is 8.51. The smallest absolute Gasteiger partial charge is 0.318 e. The average Bonchev–Trinajstić information content (AvgIpc) is 3.34. The van der Waals surface area contributed by atoms with Gasteiger partial charge in [0.25, 0.3) is 0 Å². The molecule has 2 saturated heterocycles. The number of carbonyl (C=O) groups is 4. The standard InChI is InChI=1S/C9H9NO2.C9H8O3/c11-8-6-4-1-2-5(3-4)7(6)9(12)10-8;10-8-6-4-1-2-5(3-4)7(6)9(11)12-8/h1-2,4-7H,3H2,(H,10,11,12);1-2,4-7H,3H2. The van der Waals surface area contributed by atoms with E-state index >= 15 is 0 Å². The van der Waals surface area contributed by atoms with Gasteiger partial charge in [-0.25, -0.2) is 0 Å². The van der Waals surface area contributed by atoms with E-state index in [1.54, 1.807) is 0 Å². The van der Waals surface area contributed by atoms with E-state index in [2.05, 4.69) is 22.2 Å². The lowest BCUT2D eigenvalue weighted by Gasteiger charge is -2.14. The first-order valence-corrected chi connectivity index (χ1v) is 8.51. The first kappa shape index (κ1) is 14.1. The number of carbonyl (C=O) groups excluding carboxylic acids is 4. The van der Waals surface area contributed by atoms with Crippen LogP contribution in [-0.2, 0) is 23.9 Å². The van der Waals surface area contributed by atoms with E-state index in [1.165, 1.54) is 0 Å². The van der Waals surface area contributed by atoms with Crippen molar-refractivity contribution in [2.45, 2.75) is 12.8 Å². The third kappa shape index (κ3) is 1.71. The average molecular weight is 327 g/mol. The molecule has 0 spiro atoms. The number of nitrogens with one attached hydrogen (secondary N) is 1. The largest absolute Gasteiger partial charge is 0.393 e. The Balaban J connectivity index is 0.000000109. The number of amides is 2. The van der Waals surface area contributed by atoms with Gasteiger partial charge in [-0.05, 0) is 36.5 Å². The predicted molar refractivity (Wildman–Crippen MR) is 79.7 cm³/mol. The highest BCUT2D eigenvalue weighted by Gasteiger charge is 2.58. The quantitative estimate of drug-likeness (QED) is 0.304. The van der Waals surface area contributed by atoms with Crippen molar-refractivity contribution < 1.29 is 23.9 Å². The molecule has 0 radical (unpaired) electrons. The summed E-state index contributed by atoms with van der Waals surface area (Å²) in [5.41, 5.74) is 0. The second-order valence-electron chi connectivity index (χ2n) is 7.59. The Bertz CT molecular complexity index is 620. The zero-order valence-corrected chi connectivity index (χ0v) is 12.9. The fourth-order valence-corrected chi connectivity index (χ4v) is 5.53. The summed E-state index contributed by atoms with van der Waals surface area (Å²) in [6.45, 7) is 0. The van der Waals surface area contributed by atoms with Crippen molar-refractivity contribution in [2.75, 3.05) is 0 Å². The monoisotopic (exact) mass is 327 g/mol. The van der Waals surface area contributed by atoms with Crippen LogP contribution in [0.2, 0.25) is 0 Å². The lowest BCUT2D eigenvalue weighted by Crippen LogP contribution is -2.25. The maximum Gasteiger partial charge on any atom is 0.318 e. The van der Waals surface area contributed by atoms with Crippen LogP contribution in [0.1, 0.15) is 12.8 Å². The zero-order valence-electron chi connectivity index (χ0n) is 12.9. The molecule has 24 heavy (non-hydrogen) atoms. The molecular weight excluding hydrogens is 310 g/mol. The number of fused-ring (bicyclic) bond motifs is 10. The van der Waals surface area contributed by atoms with E-state index in [9.17, 15) is 19.2 Å². The van der Waals surface area contributed by atoms with Crippen molar-refractivity contribution in [3.8, 4) is 0 Å². The molecule has 4 fully saturated rings. The molecule has 0 aromatic carbocycles. The van der Waals surface area contributed by atoms with Gasteiger partial charge in [0.2, 0.25) is 11.8 Å². The zero-order chi connectivity index (χ0) is 16.6. The fourth-order valence-electron chi connectivity index (χ4n) is 5.53. The fraction of sp³-hybridized carbons (Fsp3) is 0.556.